The SMILES string of the molecule is CC(OC(=O)C1CC2C(=O)C1C1C3C=CC(C3=O)C21)OC1(C)CCCCC1. The van der Waals surface area contributed by atoms with Gasteiger partial charge in [0, 0.05) is 23.7 Å². The minimum absolute atomic E-state index is 0.0170. The molecule has 4 saturated carbocycles. The molecule has 4 bridgehead atoms. The van der Waals surface area contributed by atoms with Crippen LogP contribution in [0.2, 0.25) is 0 Å². The van der Waals surface area contributed by atoms with Crippen molar-refractivity contribution in [3.8, 4) is 0 Å². The summed E-state index contributed by atoms with van der Waals surface area (Å²) in [6.07, 6.45) is 9.38. The van der Waals surface area contributed by atoms with Crippen molar-refractivity contribution in [2.45, 2.75) is 64.3 Å². The van der Waals surface area contributed by atoms with Crippen LogP contribution in [0.15, 0.2) is 12.2 Å². The zero-order valence-corrected chi connectivity index (χ0v) is 16.1. The molecule has 5 aliphatic rings. The second kappa shape index (κ2) is 6.00. The van der Waals surface area contributed by atoms with Gasteiger partial charge < -0.3 is 9.47 Å². The average Bonchev–Trinajstić information content (AvgIpc) is 3.31. The number of ether oxygens (including phenoxy) is 2. The largest absolute Gasteiger partial charge is 0.436 e. The third-order valence-corrected chi connectivity index (χ3v) is 7.92. The van der Waals surface area contributed by atoms with E-state index in [4.69, 9.17) is 9.47 Å². The first-order valence-corrected chi connectivity index (χ1v) is 10.5. The van der Waals surface area contributed by atoms with Gasteiger partial charge in [0.1, 0.15) is 11.6 Å². The van der Waals surface area contributed by atoms with Gasteiger partial charge in [-0.15, -0.1) is 0 Å². The molecule has 0 saturated heterocycles. The van der Waals surface area contributed by atoms with Crippen LogP contribution in [-0.2, 0) is 23.9 Å². The standard InChI is InChI=1S/C22H28O5/c1-11(27-22(2)8-4-3-5-9-22)26-21(25)15-10-14-16-12-6-7-13(19(12)23)17(16)18(15)20(14)24/h6-7,11-18H,3-5,8-10H2,1-2H3. The number of hydrogen-bond donors (Lipinski definition) is 0. The summed E-state index contributed by atoms with van der Waals surface area (Å²) >= 11 is 0. The first kappa shape index (κ1) is 17.6. The molecule has 0 heterocycles. The number of ketones is 2. The Bertz CT molecular complexity index is 718. The van der Waals surface area contributed by atoms with E-state index in [-0.39, 0.29) is 58.6 Å². The van der Waals surface area contributed by atoms with Crippen LogP contribution in [-0.4, -0.2) is 29.4 Å². The summed E-state index contributed by atoms with van der Waals surface area (Å²) in [5.41, 5.74) is -0.227. The number of allylic oxidation sites excluding steroid dienone is 2. The fourth-order valence-corrected chi connectivity index (χ4v) is 6.87. The van der Waals surface area contributed by atoms with Gasteiger partial charge in [-0.3, -0.25) is 14.4 Å². The molecule has 5 nitrogen and oxygen atoms in total. The number of carbonyl (C=O) groups is 3. The second-order valence-corrected chi connectivity index (χ2v) is 9.50. The number of carbonyl (C=O) groups excluding carboxylic acids is 3. The molecule has 0 radical (unpaired) electrons. The Morgan fingerprint density at radius 3 is 2.44 bits per heavy atom. The Labute approximate surface area is 159 Å². The van der Waals surface area contributed by atoms with Gasteiger partial charge in [-0.1, -0.05) is 31.4 Å². The van der Waals surface area contributed by atoms with Crippen molar-refractivity contribution in [2.24, 2.45) is 41.4 Å². The molecule has 146 valence electrons. The lowest BCUT2D eigenvalue weighted by Crippen LogP contribution is -2.39. The van der Waals surface area contributed by atoms with E-state index in [0.29, 0.717) is 6.42 Å². The van der Waals surface area contributed by atoms with Crippen molar-refractivity contribution >= 4 is 17.5 Å². The summed E-state index contributed by atoms with van der Waals surface area (Å²) in [5.74, 6) is -0.882. The molecule has 5 aliphatic carbocycles. The summed E-state index contributed by atoms with van der Waals surface area (Å²) in [6.45, 7) is 3.87. The molecule has 4 fully saturated rings. The molecule has 0 aliphatic heterocycles. The highest BCUT2D eigenvalue weighted by atomic mass is 16.7. The fourth-order valence-electron chi connectivity index (χ4n) is 6.87. The van der Waals surface area contributed by atoms with E-state index in [1.54, 1.807) is 6.92 Å². The molecule has 0 aromatic rings. The lowest BCUT2D eigenvalue weighted by Gasteiger charge is -2.37. The number of esters is 1. The van der Waals surface area contributed by atoms with E-state index in [1.807, 2.05) is 12.2 Å². The number of fused-ring (bicyclic) bond motifs is 9. The predicted octanol–water partition coefficient (Wildman–Crippen LogP) is 3.07. The van der Waals surface area contributed by atoms with Gasteiger partial charge in [-0.2, -0.15) is 0 Å². The minimum atomic E-state index is -0.604. The Morgan fingerprint density at radius 2 is 1.74 bits per heavy atom. The summed E-state index contributed by atoms with van der Waals surface area (Å²) < 4.78 is 11.7. The zero-order chi connectivity index (χ0) is 18.9. The quantitative estimate of drug-likeness (QED) is 0.328. The normalized spacial score (nSPS) is 44.6. The van der Waals surface area contributed by atoms with Crippen LogP contribution in [0.25, 0.3) is 0 Å². The summed E-state index contributed by atoms with van der Waals surface area (Å²) in [6, 6.07) is 0. The minimum Gasteiger partial charge on any atom is -0.436 e. The van der Waals surface area contributed by atoms with Crippen molar-refractivity contribution in [1.82, 2.24) is 0 Å². The van der Waals surface area contributed by atoms with Crippen LogP contribution in [0.1, 0.15) is 52.4 Å². The van der Waals surface area contributed by atoms with Gasteiger partial charge in [0.25, 0.3) is 0 Å². The van der Waals surface area contributed by atoms with E-state index in [0.717, 1.165) is 25.7 Å². The van der Waals surface area contributed by atoms with Gasteiger partial charge in [-0.05, 0) is 44.9 Å². The van der Waals surface area contributed by atoms with Gasteiger partial charge in [-0.25, -0.2) is 0 Å². The van der Waals surface area contributed by atoms with Gasteiger partial charge in [0.05, 0.1) is 11.5 Å². The smallest absolute Gasteiger partial charge is 0.311 e. The molecule has 0 aromatic carbocycles. The third kappa shape index (κ3) is 2.50. The van der Waals surface area contributed by atoms with E-state index in [9.17, 15) is 14.4 Å². The van der Waals surface area contributed by atoms with Gasteiger partial charge >= 0.3 is 5.97 Å². The van der Waals surface area contributed by atoms with Crippen molar-refractivity contribution < 1.29 is 23.9 Å². The molecular formula is C22H28O5. The maximum absolute atomic E-state index is 12.9. The van der Waals surface area contributed by atoms with Crippen molar-refractivity contribution in [1.29, 1.82) is 0 Å². The predicted molar refractivity (Wildman–Crippen MR) is 96.3 cm³/mol. The highest BCUT2D eigenvalue weighted by Crippen LogP contribution is 2.64. The molecule has 0 N–H and O–H groups in total. The number of hydrogen-bond acceptors (Lipinski definition) is 5. The van der Waals surface area contributed by atoms with Crippen LogP contribution < -0.4 is 0 Å². The Hall–Kier alpha value is -1.49. The van der Waals surface area contributed by atoms with E-state index in [2.05, 4.69) is 6.92 Å². The van der Waals surface area contributed by atoms with E-state index >= 15 is 0 Å². The van der Waals surface area contributed by atoms with E-state index < -0.39 is 12.2 Å². The molecular weight excluding hydrogens is 344 g/mol. The molecule has 0 aromatic heterocycles. The maximum Gasteiger partial charge on any atom is 0.311 e. The third-order valence-electron chi connectivity index (χ3n) is 7.92. The van der Waals surface area contributed by atoms with Gasteiger partial charge in [0.15, 0.2) is 0 Å². The maximum atomic E-state index is 12.9. The first-order chi connectivity index (χ1) is 12.9. The number of rotatable bonds is 4. The lowest BCUT2D eigenvalue weighted by molar-refractivity contribution is -0.214. The molecule has 8 unspecified atom stereocenters. The molecule has 27 heavy (non-hydrogen) atoms. The monoisotopic (exact) mass is 372 g/mol. The van der Waals surface area contributed by atoms with Crippen LogP contribution in [0.3, 0.4) is 0 Å². The molecule has 0 spiro atoms. The Balaban J connectivity index is 1.26. The Kier molecular flexibility index (Phi) is 3.91. The van der Waals surface area contributed by atoms with Crippen LogP contribution in [0.4, 0.5) is 0 Å². The Morgan fingerprint density at radius 1 is 1.07 bits per heavy atom. The van der Waals surface area contributed by atoms with Crippen molar-refractivity contribution in [2.75, 3.05) is 0 Å². The summed E-state index contributed by atoms with van der Waals surface area (Å²) in [4.78, 5) is 38.1. The molecule has 5 heteroatoms. The zero-order valence-electron chi connectivity index (χ0n) is 16.1. The summed E-state index contributed by atoms with van der Waals surface area (Å²) in [7, 11) is 0. The lowest BCUT2D eigenvalue weighted by atomic mass is 9.69. The number of Topliss-reactive ketones (excluding diaryl/α,β-unsaturated/α-hetero) is 2. The first-order valence-electron chi connectivity index (χ1n) is 10.5. The van der Waals surface area contributed by atoms with Crippen molar-refractivity contribution in [3.63, 3.8) is 0 Å². The van der Waals surface area contributed by atoms with E-state index in [1.165, 1.54) is 6.42 Å². The topological polar surface area (TPSA) is 69.7 Å². The second-order valence-electron chi connectivity index (χ2n) is 9.50. The fraction of sp³-hybridized carbons (Fsp3) is 0.773. The highest BCUT2D eigenvalue weighted by molar-refractivity contribution is 6.01. The molecule has 8 atom stereocenters. The van der Waals surface area contributed by atoms with Crippen LogP contribution in [0.5, 0.6) is 0 Å². The summed E-state index contributed by atoms with van der Waals surface area (Å²) in [5, 5.41) is 0. The van der Waals surface area contributed by atoms with Crippen molar-refractivity contribution in [3.05, 3.63) is 12.2 Å². The molecule has 0 amide bonds. The van der Waals surface area contributed by atoms with Crippen LogP contribution >= 0.6 is 0 Å². The highest BCUT2D eigenvalue weighted by Gasteiger charge is 2.69. The molecule has 5 rings (SSSR count). The average molecular weight is 372 g/mol. The van der Waals surface area contributed by atoms with Gasteiger partial charge in [0.2, 0.25) is 6.29 Å². The van der Waals surface area contributed by atoms with Crippen LogP contribution in [0, 0.1) is 41.4 Å².